The lowest BCUT2D eigenvalue weighted by Gasteiger charge is -2.05. The molecule has 1 aromatic carbocycles. The van der Waals surface area contributed by atoms with E-state index in [0.29, 0.717) is 0 Å². The third-order valence-corrected chi connectivity index (χ3v) is 2.33. The molecule has 1 aliphatic rings. The molecule has 1 heterocycles. The summed E-state index contributed by atoms with van der Waals surface area (Å²) in [6.45, 7) is 2.32. The minimum absolute atomic E-state index is 0.743. The number of benzene rings is 1. The van der Waals surface area contributed by atoms with Gasteiger partial charge in [-0.3, -0.25) is 0 Å². The molecule has 0 aliphatic carbocycles. The molecule has 1 N–H and O–H groups in total. The summed E-state index contributed by atoms with van der Waals surface area (Å²) in [6, 6.07) is 10.6. The minimum atomic E-state index is 0.743. The van der Waals surface area contributed by atoms with E-state index in [-0.39, 0.29) is 0 Å². The highest BCUT2D eigenvalue weighted by molar-refractivity contribution is 6.55. The Kier molecular flexibility index (Phi) is 2.47. The van der Waals surface area contributed by atoms with Gasteiger partial charge in [0.1, 0.15) is 0 Å². The average Bonchev–Trinajstić information content (AvgIpc) is 2.59. The quantitative estimate of drug-likeness (QED) is 0.627. The molecule has 0 amide bonds. The van der Waals surface area contributed by atoms with E-state index >= 15 is 0 Å². The fourth-order valence-corrected chi connectivity index (χ4v) is 1.66. The molecule has 0 spiro atoms. The fraction of sp³-hybridized carbons (Fsp3) is 0.400. The van der Waals surface area contributed by atoms with E-state index in [9.17, 15) is 0 Å². The second-order valence-electron chi connectivity index (χ2n) is 3.33. The maximum Gasteiger partial charge on any atom is 0.156 e. The van der Waals surface area contributed by atoms with Gasteiger partial charge >= 0.3 is 0 Å². The Hall–Kier alpha value is -0.755. The molecule has 2 rings (SSSR count). The van der Waals surface area contributed by atoms with Crippen LogP contribution in [0.25, 0.3) is 0 Å². The first-order valence-corrected chi connectivity index (χ1v) is 4.56. The van der Waals surface area contributed by atoms with E-state index in [2.05, 4.69) is 42.9 Å². The predicted molar refractivity (Wildman–Crippen MR) is 53.1 cm³/mol. The van der Waals surface area contributed by atoms with Gasteiger partial charge in [0, 0.05) is 0 Å². The van der Waals surface area contributed by atoms with Gasteiger partial charge in [0.25, 0.3) is 0 Å². The van der Waals surface area contributed by atoms with Crippen molar-refractivity contribution in [1.29, 1.82) is 0 Å². The van der Waals surface area contributed by atoms with Gasteiger partial charge in [-0.15, -0.1) is 0 Å². The van der Waals surface area contributed by atoms with E-state index in [0.717, 1.165) is 12.4 Å². The van der Waals surface area contributed by atoms with Crippen LogP contribution in [-0.2, 0) is 0 Å². The molecule has 1 radical (unpaired) electrons. The number of hydrogen-bond acceptors (Lipinski definition) is 1. The van der Waals surface area contributed by atoms with Crippen LogP contribution in [0, 0.1) is 0 Å². The Morgan fingerprint density at radius 2 is 2.08 bits per heavy atom. The van der Waals surface area contributed by atoms with E-state index in [1.807, 2.05) is 0 Å². The van der Waals surface area contributed by atoms with Gasteiger partial charge in [-0.05, 0) is 25.3 Å². The molecule has 1 saturated heterocycles. The van der Waals surface area contributed by atoms with Gasteiger partial charge in [-0.1, -0.05) is 35.8 Å². The molecule has 1 fully saturated rings. The van der Waals surface area contributed by atoms with Crippen LogP contribution >= 0.6 is 0 Å². The molecule has 0 aromatic heterocycles. The monoisotopic (exact) mass is 158 g/mol. The van der Waals surface area contributed by atoms with E-state index in [1.54, 1.807) is 0 Å². The molecular formula is C10H13BN. The highest BCUT2D eigenvalue weighted by atomic mass is 14.9. The molecule has 1 aromatic rings. The summed E-state index contributed by atoms with van der Waals surface area (Å²) in [7, 11) is 2.36. The second kappa shape index (κ2) is 3.77. The van der Waals surface area contributed by atoms with Crippen molar-refractivity contribution in [1.82, 2.24) is 5.32 Å². The average molecular weight is 158 g/mol. The van der Waals surface area contributed by atoms with Crippen LogP contribution in [-0.4, -0.2) is 20.4 Å². The highest BCUT2D eigenvalue weighted by Crippen LogP contribution is 2.11. The van der Waals surface area contributed by atoms with Crippen molar-refractivity contribution in [3.63, 3.8) is 0 Å². The summed E-state index contributed by atoms with van der Waals surface area (Å²) in [6.07, 6.45) is 1.29. The lowest BCUT2D eigenvalue weighted by Crippen LogP contribution is -2.20. The molecule has 1 nitrogen and oxygen atoms in total. The van der Waals surface area contributed by atoms with Crippen molar-refractivity contribution in [2.75, 3.05) is 13.1 Å². The maximum absolute atomic E-state index is 3.36. The lowest BCUT2D eigenvalue weighted by atomic mass is 9.59. The topological polar surface area (TPSA) is 12.0 Å². The zero-order chi connectivity index (χ0) is 8.23. The normalized spacial score (nSPS) is 22.5. The van der Waals surface area contributed by atoms with Gasteiger partial charge in [0.15, 0.2) is 7.28 Å². The zero-order valence-corrected chi connectivity index (χ0v) is 7.16. The van der Waals surface area contributed by atoms with Crippen LogP contribution in [0.2, 0.25) is 5.82 Å². The first-order valence-electron chi connectivity index (χ1n) is 4.56. The van der Waals surface area contributed by atoms with Crippen molar-refractivity contribution in [3.8, 4) is 0 Å². The standard InChI is InChI=1S/C10H13BN/c1-2-4-9(5-3-1)11-10-6-7-12-8-10/h1-5,10,12H,6-8H2. The summed E-state index contributed by atoms with van der Waals surface area (Å²) in [5.41, 5.74) is 1.35. The third kappa shape index (κ3) is 1.89. The van der Waals surface area contributed by atoms with Crippen molar-refractivity contribution in [2.45, 2.75) is 12.2 Å². The number of hydrogen-bond donors (Lipinski definition) is 1. The Morgan fingerprint density at radius 1 is 1.25 bits per heavy atom. The Morgan fingerprint density at radius 3 is 2.75 bits per heavy atom. The molecule has 1 aliphatic heterocycles. The van der Waals surface area contributed by atoms with E-state index < -0.39 is 0 Å². The fourth-order valence-electron chi connectivity index (χ4n) is 1.66. The van der Waals surface area contributed by atoms with Crippen molar-refractivity contribution >= 4 is 12.7 Å². The molecular weight excluding hydrogens is 145 g/mol. The Balaban J connectivity index is 1.94. The smallest absolute Gasteiger partial charge is 0.156 e. The van der Waals surface area contributed by atoms with Crippen LogP contribution in [0.4, 0.5) is 0 Å². The van der Waals surface area contributed by atoms with E-state index in [1.165, 1.54) is 18.4 Å². The second-order valence-corrected chi connectivity index (χ2v) is 3.33. The predicted octanol–water partition coefficient (Wildman–Crippen LogP) is 0.798. The van der Waals surface area contributed by atoms with Crippen molar-refractivity contribution in [2.24, 2.45) is 0 Å². The van der Waals surface area contributed by atoms with Gasteiger partial charge < -0.3 is 5.32 Å². The van der Waals surface area contributed by atoms with Crippen LogP contribution in [0.1, 0.15) is 6.42 Å². The summed E-state index contributed by atoms with van der Waals surface area (Å²) >= 11 is 0. The molecule has 0 bridgehead atoms. The molecule has 12 heavy (non-hydrogen) atoms. The van der Waals surface area contributed by atoms with Gasteiger partial charge in [0.2, 0.25) is 0 Å². The number of rotatable bonds is 2. The highest BCUT2D eigenvalue weighted by Gasteiger charge is 2.15. The summed E-state index contributed by atoms with van der Waals surface area (Å²) < 4.78 is 0. The summed E-state index contributed by atoms with van der Waals surface area (Å²) in [5.74, 6) is 0.743. The Labute approximate surface area is 74.4 Å². The van der Waals surface area contributed by atoms with Crippen LogP contribution in [0.5, 0.6) is 0 Å². The summed E-state index contributed by atoms with van der Waals surface area (Å²) in [4.78, 5) is 0. The van der Waals surface area contributed by atoms with Crippen molar-refractivity contribution < 1.29 is 0 Å². The van der Waals surface area contributed by atoms with E-state index in [4.69, 9.17) is 0 Å². The first-order chi connectivity index (χ1) is 5.95. The zero-order valence-electron chi connectivity index (χ0n) is 7.16. The molecule has 2 heteroatoms. The van der Waals surface area contributed by atoms with Crippen LogP contribution < -0.4 is 10.8 Å². The van der Waals surface area contributed by atoms with Crippen molar-refractivity contribution in [3.05, 3.63) is 30.3 Å². The largest absolute Gasteiger partial charge is 0.317 e. The minimum Gasteiger partial charge on any atom is -0.317 e. The third-order valence-electron chi connectivity index (χ3n) is 2.33. The molecule has 61 valence electrons. The molecule has 0 saturated carbocycles. The number of nitrogens with one attached hydrogen (secondary N) is 1. The maximum atomic E-state index is 3.36. The molecule has 1 atom stereocenters. The van der Waals surface area contributed by atoms with Gasteiger partial charge in [0.05, 0.1) is 0 Å². The summed E-state index contributed by atoms with van der Waals surface area (Å²) in [5, 5.41) is 3.36. The van der Waals surface area contributed by atoms with Gasteiger partial charge in [-0.25, -0.2) is 0 Å². The lowest BCUT2D eigenvalue weighted by molar-refractivity contribution is 0.856. The van der Waals surface area contributed by atoms with Crippen LogP contribution in [0.3, 0.4) is 0 Å². The van der Waals surface area contributed by atoms with Gasteiger partial charge in [-0.2, -0.15) is 0 Å². The Bertz CT molecular complexity index is 229. The molecule has 1 unspecified atom stereocenters. The van der Waals surface area contributed by atoms with Crippen LogP contribution in [0.15, 0.2) is 30.3 Å². The SMILES string of the molecule is [B](c1ccccc1)C1CCNC1. The first kappa shape index (κ1) is 7.87.